The average molecular weight is 248 g/mol. The molecule has 1 fully saturated rings. The summed E-state index contributed by atoms with van der Waals surface area (Å²) >= 11 is 0. The molecule has 1 aromatic rings. The van der Waals surface area contributed by atoms with Gasteiger partial charge in [-0.25, -0.2) is 0 Å². The second-order valence-corrected chi connectivity index (χ2v) is 4.76. The summed E-state index contributed by atoms with van der Waals surface area (Å²) in [5.74, 6) is -0.00583. The first-order chi connectivity index (χ1) is 8.66. The molecule has 1 aromatic carbocycles. The predicted molar refractivity (Wildman–Crippen MR) is 69.9 cm³/mol. The fraction of sp³-hybridized carbons (Fsp3) is 0.500. The number of nitrogens with two attached hydrogens (primary N) is 1. The zero-order valence-corrected chi connectivity index (χ0v) is 10.6. The van der Waals surface area contributed by atoms with Crippen LogP contribution in [0.15, 0.2) is 30.3 Å². The van der Waals surface area contributed by atoms with Gasteiger partial charge in [0.25, 0.3) is 0 Å². The number of carbonyl (C=O) groups excluding carboxylic acids is 1. The summed E-state index contributed by atoms with van der Waals surface area (Å²) in [6, 6.07) is 9.57. The van der Waals surface area contributed by atoms with Gasteiger partial charge in [0.15, 0.2) is 0 Å². The van der Waals surface area contributed by atoms with Crippen LogP contribution in [0.4, 0.5) is 0 Å². The van der Waals surface area contributed by atoms with Crippen molar-refractivity contribution in [3.63, 3.8) is 0 Å². The van der Waals surface area contributed by atoms with Gasteiger partial charge in [0, 0.05) is 19.1 Å². The first-order valence-electron chi connectivity index (χ1n) is 6.38. The Morgan fingerprint density at radius 3 is 2.83 bits per heavy atom. The smallest absolute Gasteiger partial charge is 0.222 e. The second-order valence-electron chi connectivity index (χ2n) is 4.76. The standard InChI is InChI=1S/C14H20N2O2/c1-10-13(7-8-18-10)16-14(17)9-12(15)11-5-3-2-4-6-11/h2-6,10,12-13H,7-9,15H2,1H3,(H,16,17). The zero-order valence-electron chi connectivity index (χ0n) is 10.6. The number of hydrogen-bond donors (Lipinski definition) is 2. The molecule has 1 aliphatic rings. The Bertz CT molecular complexity index is 394. The molecule has 0 aliphatic carbocycles. The Hall–Kier alpha value is -1.39. The van der Waals surface area contributed by atoms with Crippen molar-refractivity contribution in [2.24, 2.45) is 5.73 Å². The summed E-state index contributed by atoms with van der Waals surface area (Å²) in [7, 11) is 0. The van der Waals surface area contributed by atoms with Gasteiger partial charge in [-0.15, -0.1) is 0 Å². The quantitative estimate of drug-likeness (QED) is 0.846. The monoisotopic (exact) mass is 248 g/mol. The number of nitrogens with one attached hydrogen (secondary N) is 1. The van der Waals surface area contributed by atoms with E-state index >= 15 is 0 Å². The minimum Gasteiger partial charge on any atom is -0.376 e. The summed E-state index contributed by atoms with van der Waals surface area (Å²) in [6.45, 7) is 2.70. The summed E-state index contributed by atoms with van der Waals surface area (Å²) < 4.78 is 5.41. The van der Waals surface area contributed by atoms with Crippen LogP contribution in [-0.4, -0.2) is 24.7 Å². The molecule has 0 aromatic heterocycles. The van der Waals surface area contributed by atoms with Crippen molar-refractivity contribution >= 4 is 5.91 Å². The molecule has 4 nitrogen and oxygen atoms in total. The van der Waals surface area contributed by atoms with Gasteiger partial charge >= 0.3 is 0 Å². The van der Waals surface area contributed by atoms with Crippen LogP contribution in [0.3, 0.4) is 0 Å². The maximum atomic E-state index is 11.9. The zero-order chi connectivity index (χ0) is 13.0. The molecule has 2 rings (SSSR count). The third kappa shape index (κ3) is 3.31. The van der Waals surface area contributed by atoms with Crippen molar-refractivity contribution in [1.82, 2.24) is 5.32 Å². The van der Waals surface area contributed by atoms with E-state index in [1.807, 2.05) is 37.3 Å². The van der Waals surface area contributed by atoms with Gasteiger partial charge in [-0.3, -0.25) is 4.79 Å². The maximum Gasteiger partial charge on any atom is 0.222 e. The molecule has 3 unspecified atom stereocenters. The second kappa shape index (κ2) is 5.98. The lowest BCUT2D eigenvalue weighted by molar-refractivity contribution is -0.122. The van der Waals surface area contributed by atoms with E-state index in [4.69, 9.17) is 10.5 Å². The highest BCUT2D eigenvalue weighted by Gasteiger charge is 2.26. The topological polar surface area (TPSA) is 64.3 Å². The van der Waals surface area contributed by atoms with Crippen molar-refractivity contribution < 1.29 is 9.53 Å². The van der Waals surface area contributed by atoms with E-state index in [1.54, 1.807) is 0 Å². The molecule has 18 heavy (non-hydrogen) atoms. The molecule has 0 radical (unpaired) electrons. The van der Waals surface area contributed by atoms with Crippen LogP contribution in [-0.2, 0) is 9.53 Å². The van der Waals surface area contributed by atoms with Gasteiger partial charge in [-0.05, 0) is 18.9 Å². The summed E-state index contributed by atoms with van der Waals surface area (Å²) in [4.78, 5) is 11.9. The van der Waals surface area contributed by atoms with Crippen molar-refractivity contribution in [3.05, 3.63) is 35.9 Å². The Balaban J connectivity index is 1.84. The maximum absolute atomic E-state index is 11.9. The third-order valence-electron chi connectivity index (χ3n) is 3.36. The van der Waals surface area contributed by atoms with E-state index in [-0.39, 0.29) is 24.1 Å². The lowest BCUT2D eigenvalue weighted by Crippen LogP contribution is -2.40. The van der Waals surface area contributed by atoms with Gasteiger partial charge in [0.05, 0.1) is 12.1 Å². The summed E-state index contributed by atoms with van der Waals surface area (Å²) in [5.41, 5.74) is 7.00. The van der Waals surface area contributed by atoms with Crippen LogP contribution < -0.4 is 11.1 Å². The summed E-state index contributed by atoms with van der Waals surface area (Å²) in [6.07, 6.45) is 1.29. The van der Waals surface area contributed by atoms with Crippen LogP contribution in [0, 0.1) is 0 Å². The van der Waals surface area contributed by atoms with Crippen molar-refractivity contribution in [1.29, 1.82) is 0 Å². The van der Waals surface area contributed by atoms with Gasteiger partial charge in [-0.1, -0.05) is 30.3 Å². The molecular weight excluding hydrogens is 228 g/mol. The van der Waals surface area contributed by atoms with E-state index < -0.39 is 0 Å². The normalized spacial score (nSPS) is 24.8. The van der Waals surface area contributed by atoms with Crippen LogP contribution in [0.1, 0.15) is 31.4 Å². The Morgan fingerprint density at radius 1 is 1.50 bits per heavy atom. The highest BCUT2D eigenvalue weighted by Crippen LogP contribution is 2.15. The number of benzene rings is 1. The van der Waals surface area contributed by atoms with E-state index in [1.165, 1.54) is 0 Å². The van der Waals surface area contributed by atoms with Crippen molar-refractivity contribution in [2.45, 2.75) is 38.0 Å². The van der Waals surface area contributed by atoms with Gasteiger partial charge in [-0.2, -0.15) is 0 Å². The minimum atomic E-state index is -0.246. The van der Waals surface area contributed by atoms with Crippen LogP contribution in [0.5, 0.6) is 0 Å². The highest BCUT2D eigenvalue weighted by molar-refractivity contribution is 5.77. The van der Waals surface area contributed by atoms with Crippen LogP contribution in [0.25, 0.3) is 0 Å². The Kier molecular flexibility index (Phi) is 4.33. The van der Waals surface area contributed by atoms with Gasteiger partial charge in [0.2, 0.25) is 5.91 Å². The van der Waals surface area contributed by atoms with Crippen LogP contribution in [0.2, 0.25) is 0 Å². The molecule has 0 saturated carbocycles. The minimum absolute atomic E-state index is 0.00583. The highest BCUT2D eigenvalue weighted by atomic mass is 16.5. The molecule has 4 heteroatoms. The number of amides is 1. The lowest BCUT2D eigenvalue weighted by atomic mass is 10.0. The lowest BCUT2D eigenvalue weighted by Gasteiger charge is -2.18. The molecule has 3 N–H and O–H groups in total. The number of carbonyl (C=O) groups is 1. The SMILES string of the molecule is CC1OCCC1NC(=O)CC(N)c1ccccc1. The molecule has 0 bridgehead atoms. The molecule has 1 amide bonds. The molecule has 1 heterocycles. The summed E-state index contributed by atoms with van der Waals surface area (Å²) in [5, 5.41) is 2.99. The Labute approximate surface area is 108 Å². The average Bonchev–Trinajstić information content (AvgIpc) is 2.76. The fourth-order valence-electron chi connectivity index (χ4n) is 2.20. The molecule has 3 atom stereocenters. The van der Waals surface area contributed by atoms with Crippen LogP contribution >= 0.6 is 0 Å². The van der Waals surface area contributed by atoms with E-state index in [0.717, 1.165) is 18.6 Å². The first-order valence-corrected chi connectivity index (χ1v) is 6.38. The molecule has 1 saturated heterocycles. The van der Waals surface area contributed by atoms with E-state index in [0.29, 0.717) is 6.42 Å². The predicted octanol–water partition coefficient (Wildman–Crippen LogP) is 1.37. The van der Waals surface area contributed by atoms with Crippen molar-refractivity contribution in [2.75, 3.05) is 6.61 Å². The number of hydrogen-bond acceptors (Lipinski definition) is 3. The molecular formula is C14H20N2O2. The van der Waals surface area contributed by atoms with E-state index in [2.05, 4.69) is 5.32 Å². The Morgan fingerprint density at radius 2 is 2.22 bits per heavy atom. The number of rotatable bonds is 4. The largest absolute Gasteiger partial charge is 0.376 e. The van der Waals surface area contributed by atoms with E-state index in [9.17, 15) is 4.79 Å². The third-order valence-corrected chi connectivity index (χ3v) is 3.36. The van der Waals surface area contributed by atoms with Gasteiger partial charge in [0.1, 0.15) is 0 Å². The molecule has 1 aliphatic heterocycles. The number of ether oxygens (including phenoxy) is 1. The molecule has 0 spiro atoms. The first kappa shape index (κ1) is 13.1. The van der Waals surface area contributed by atoms with Crippen molar-refractivity contribution in [3.8, 4) is 0 Å². The fourth-order valence-corrected chi connectivity index (χ4v) is 2.20. The molecule has 98 valence electrons. The van der Waals surface area contributed by atoms with Gasteiger partial charge < -0.3 is 15.8 Å².